The fourth-order valence-electron chi connectivity index (χ4n) is 2.58. The summed E-state index contributed by atoms with van der Waals surface area (Å²) in [6.45, 7) is 0.411. The molecule has 7 nitrogen and oxygen atoms in total. The summed E-state index contributed by atoms with van der Waals surface area (Å²) in [5, 5.41) is 10.9. The minimum absolute atomic E-state index is 0.0309. The molecular formula is C17H13ClN2O5. The second-order valence-corrected chi connectivity index (χ2v) is 5.79. The predicted octanol–water partition coefficient (Wildman–Crippen LogP) is 3.31. The lowest BCUT2D eigenvalue weighted by Crippen LogP contribution is -2.31. The van der Waals surface area contributed by atoms with Crippen LogP contribution < -0.4 is 4.74 Å². The molecule has 25 heavy (non-hydrogen) atoms. The first-order valence-electron chi connectivity index (χ1n) is 7.51. The summed E-state index contributed by atoms with van der Waals surface area (Å²) < 4.78 is 5.45. The number of carbonyl (C=O) groups is 2. The number of rotatable bonds is 6. The maximum Gasteiger partial charge on any atom is 0.291 e. The molecule has 2 amide bonds. The van der Waals surface area contributed by atoms with Gasteiger partial charge in [-0.2, -0.15) is 0 Å². The number of hydrogen-bond donors (Lipinski definition) is 0. The highest BCUT2D eigenvalue weighted by Gasteiger charge is 2.34. The SMILES string of the molecule is O=C1c2ccccc2C(=O)N1CCCOc1ccc(Cl)c([N+](=O)[O-])c1. The molecule has 8 heteroatoms. The number of nitro benzene ring substituents is 1. The van der Waals surface area contributed by atoms with Crippen LogP contribution in [0.2, 0.25) is 5.02 Å². The molecule has 0 bridgehead atoms. The van der Waals surface area contributed by atoms with Gasteiger partial charge in [0.2, 0.25) is 0 Å². The van der Waals surface area contributed by atoms with E-state index in [2.05, 4.69) is 0 Å². The molecule has 0 unspecified atom stereocenters. The van der Waals surface area contributed by atoms with Crippen molar-refractivity contribution < 1.29 is 19.2 Å². The van der Waals surface area contributed by atoms with Gasteiger partial charge in [0.1, 0.15) is 10.8 Å². The molecule has 0 saturated heterocycles. The lowest BCUT2D eigenvalue weighted by atomic mass is 10.1. The number of benzene rings is 2. The maximum absolute atomic E-state index is 12.2. The first kappa shape index (κ1) is 16.9. The van der Waals surface area contributed by atoms with Crippen molar-refractivity contribution in [3.05, 3.63) is 68.7 Å². The largest absolute Gasteiger partial charge is 0.493 e. The molecule has 0 radical (unpaired) electrons. The molecule has 0 spiro atoms. The zero-order valence-corrected chi connectivity index (χ0v) is 13.7. The predicted molar refractivity (Wildman–Crippen MR) is 90.0 cm³/mol. The summed E-state index contributed by atoms with van der Waals surface area (Å²) in [5.74, 6) is -0.330. The van der Waals surface area contributed by atoms with Crippen molar-refractivity contribution in [2.45, 2.75) is 6.42 Å². The summed E-state index contributed by atoms with van der Waals surface area (Å²) >= 11 is 5.74. The third-order valence-electron chi connectivity index (χ3n) is 3.79. The molecule has 0 aromatic heterocycles. The van der Waals surface area contributed by atoms with Crippen molar-refractivity contribution in [2.24, 2.45) is 0 Å². The van der Waals surface area contributed by atoms with Gasteiger partial charge < -0.3 is 4.74 Å². The monoisotopic (exact) mass is 360 g/mol. The van der Waals surface area contributed by atoms with E-state index in [1.165, 1.54) is 23.1 Å². The number of nitro groups is 1. The molecule has 2 aromatic rings. The summed E-state index contributed by atoms with van der Waals surface area (Å²) in [7, 11) is 0. The van der Waals surface area contributed by atoms with Crippen molar-refractivity contribution in [2.75, 3.05) is 13.2 Å². The van der Waals surface area contributed by atoms with Crippen LogP contribution in [0.5, 0.6) is 5.75 Å². The van der Waals surface area contributed by atoms with Crippen LogP contribution >= 0.6 is 11.6 Å². The highest BCUT2D eigenvalue weighted by molar-refractivity contribution is 6.32. The van der Waals surface area contributed by atoms with Crippen LogP contribution in [0.3, 0.4) is 0 Å². The van der Waals surface area contributed by atoms with E-state index in [1.54, 1.807) is 24.3 Å². The Morgan fingerprint density at radius 1 is 1.08 bits per heavy atom. The molecule has 1 aliphatic rings. The van der Waals surface area contributed by atoms with E-state index in [9.17, 15) is 19.7 Å². The van der Waals surface area contributed by atoms with Crippen molar-refractivity contribution >= 4 is 29.1 Å². The quantitative estimate of drug-likeness (QED) is 0.341. The Hall–Kier alpha value is -2.93. The normalized spacial score (nSPS) is 13.1. The number of fused-ring (bicyclic) bond motifs is 1. The third-order valence-corrected chi connectivity index (χ3v) is 4.11. The average Bonchev–Trinajstić information content (AvgIpc) is 2.84. The number of amides is 2. The number of halogens is 1. The Kier molecular flexibility index (Phi) is 4.67. The van der Waals surface area contributed by atoms with Crippen LogP contribution in [0.1, 0.15) is 27.1 Å². The van der Waals surface area contributed by atoms with Crippen LogP contribution in [0.4, 0.5) is 5.69 Å². The topological polar surface area (TPSA) is 89.8 Å². The molecule has 2 aromatic carbocycles. The molecule has 1 aliphatic heterocycles. The lowest BCUT2D eigenvalue weighted by molar-refractivity contribution is -0.384. The second-order valence-electron chi connectivity index (χ2n) is 5.38. The molecular weight excluding hydrogens is 348 g/mol. The van der Waals surface area contributed by atoms with Crippen molar-refractivity contribution in [1.29, 1.82) is 0 Å². The molecule has 0 N–H and O–H groups in total. The van der Waals surface area contributed by atoms with Gasteiger partial charge in [-0.15, -0.1) is 0 Å². The van der Waals surface area contributed by atoms with Gasteiger partial charge in [0.05, 0.1) is 28.7 Å². The molecule has 0 fully saturated rings. The van der Waals surface area contributed by atoms with Gasteiger partial charge in [0.15, 0.2) is 0 Å². The number of nitrogens with zero attached hydrogens (tertiary/aromatic N) is 2. The van der Waals surface area contributed by atoms with Gasteiger partial charge in [0.25, 0.3) is 17.5 Å². The number of carbonyl (C=O) groups excluding carboxylic acids is 2. The minimum Gasteiger partial charge on any atom is -0.493 e. The maximum atomic E-state index is 12.2. The lowest BCUT2D eigenvalue weighted by Gasteiger charge is -2.14. The minimum atomic E-state index is -0.589. The van der Waals surface area contributed by atoms with Crippen molar-refractivity contribution in [1.82, 2.24) is 4.90 Å². The first-order valence-corrected chi connectivity index (χ1v) is 7.89. The van der Waals surface area contributed by atoms with Gasteiger partial charge in [-0.3, -0.25) is 24.6 Å². The Morgan fingerprint density at radius 3 is 2.32 bits per heavy atom. The van der Waals surface area contributed by atoms with E-state index in [1.807, 2.05) is 0 Å². The van der Waals surface area contributed by atoms with E-state index in [0.29, 0.717) is 23.3 Å². The smallest absolute Gasteiger partial charge is 0.291 e. The Morgan fingerprint density at radius 2 is 1.72 bits per heavy atom. The van der Waals surface area contributed by atoms with E-state index < -0.39 is 4.92 Å². The summed E-state index contributed by atoms with van der Waals surface area (Å²) in [6, 6.07) is 10.8. The first-order chi connectivity index (χ1) is 12.0. The van der Waals surface area contributed by atoms with Gasteiger partial charge in [-0.25, -0.2) is 0 Å². The van der Waals surface area contributed by atoms with Gasteiger partial charge in [-0.1, -0.05) is 23.7 Å². The highest BCUT2D eigenvalue weighted by atomic mass is 35.5. The standard InChI is InChI=1S/C17H13ClN2O5/c18-14-7-6-11(10-15(14)20(23)24)25-9-3-8-19-16(21)12-4-1-2-5-13(12)17(19)22/h1-2,4-7,10H,3,8-9H2. The van der Waals surface area contributed by atoms with Gasteiger partial charge in [0, 0.05) is 6.54 Å². The number of imide groups is 1. The zero-order chi connectivity index (χ0) is 18.0. The van der Waals surface area contributed by atoms with Crippen LogP contribution in [0.15, 0.2) is 42.5 Å². The van der Waals surface area contributed by atoms with Crippen molar-refractivity contribution in [3.8, 4) is 5.75 Å². The fourth-order valence-corrected chi connectivity index (χ4v) is 2.76. The van der Waals surface area contributed by atoms with Crippen molar-refractivity contribution in [3.63, 3.8) is 0 Å². The fraction of sp³-hybridized carbons (Fsp3) is 0.176. The summed E-state index contributed by atoms with van der Waals surface area (Å²) in [5.41, 5.74) is 0.572. The summed E-state index contributed by atoms with van der Waals surface area (Å²) in [6.07, 6.45) is 0.405. The molecule has 0 aliphatic carbocycles. The van der Waals surface area contributed by atoms with Gasteiger partial charge in [-0.05, 0) is 30.7 Å². The second kappa shape index (κ2) is 6.90. The third kappa shape index (κ3) is 3.32. The molecule has 128 valence electrons. The highest BCUT2D eigenvalue weighted by Crippen LogP contribution is 2.28. The number of hydrogen-bond acceptors (Lipinski definition) is 5. The Labute approximate surface area is 147 Å². The molecule has 0 atom stereocenters. The van der Waals surface area contributed by atoms with Crippen LogP contribution in [-0.4, -0.2) is 34.8 Å². The van der Waals surface area contributed by atoms with Crippen LogP contribution in [0, 0.1) is 10.1 Å². The van der Waals surface area contributed by atoms with Crippen LogP contribution in [0.25, 0.3) is 0 Å². The Balaban J connectivity index is 1.56. The molecule has 0 saturated carbocycles. The molecule has 1 heterocycles. The van der Waals surface area contributed by atoms with Crippen LogP contribution in [-0.2, 0) is 0 Å². The number of ether oxygens (including phenoxy) is 1. The average molecular weight is 361 g/mol. The van der Waals surface area contributed by atoms with E-state index in [0.717, 1.165) is 0 Å². The van der Waals surface area contributed by atoms with Gasteiger partial charge >= 0.3 is 0 Å². The van der Waals surface area contributed by atoms with E-state index >= 15 is 0 Å². The zero-order valence-electron chi connectivity index (χ0n) is 13.0. The van der Waals surface area contributed by atoms with E-state index in [-0.39, 0.29) is 35.7 Å². The molecule has 3 rings (SSSR count). The summed E-state index contributed by atoms with van der Waals surface area (Å²) in [4.78, 5) is 35.8. The Bertz CT molecular complexity index is 833. The van der Waals surface area contributed by atoms with E-state index in [4.69, 9.17) is 16.3 Å².